The second kappa shape index (κ2) is 7.46. The summed E-state index contributed by atoms with van der Waals surface area (Å²) in [5.41, 5.74) is -1.09. The number of para-hydroxylation sites is 1. The Labute approximate surface area is 137 Å². The zero-order valence-corrected chi connectivity index (χ0v) is 13.3. The first-order valence-electron chi connectivity index (χ1n) is 7.40. The van der Waals surface area contributed by atoms with Crippen LogP contribution in [-0.2, 0) is 6.18 Å². The first kappa shape index (κ1) is 18.0. The maximum atomic E-state index is 13.9. The number of nitrogens with zero attached hydrogens (tertiary/aromatic N) is 3. The van der Waals surface area contributed by atoms with Crippen molar-refractivity contribution >= 4 is 11.5 Å². The van der Waals surface area contributed by atoms with Crippen molar-refractivity contribution in [1.29, 1.82) is 0 Å². The molecule has 0 aliphatic heterocycles. The predicted octanol–water partition coefficient (Wildman–Crippen LogP) is 4.58. The molecule has 1 heterocycles. The molecule has 130 valence electrons. The summed E-state index contributed by atoms with van der Waals surface area (Å²) < 4.78 is 58.8. The van der Waals surface area contributed by atoms with Gasteiger partial charge >= 0.3 is 12.2 Å². The maximum Gasteiger partial charge on any atom is 0.421 e. The van der Waals surface area contributed by atoms with Crippen LogP contribution in [0.2, 0.25) is 0 Å². The standard InChI is InChI=1S/C16H17F4N3O/c1-3-4-9-24-15-21-10-11(16(18,19)20)14(22-15)23(2)13-8-6-5-7-12(13)17/h5-8,10H,3-4,9H2,1-2H3. The minimum absolute atomic E-state index is 0.0267. The zero-order chi connectivity index (χ0) is 17.7. The molecule has 0 aliphatic rings. The molecule has 1 aromatic carbocycles. The third-order valence-electron chi connectivity index (χ3n) is 3.31. The van der Waals surface area contributed by atoms with E-state index in [0.29, 0.717) is 12.8 Å². The molecule has 0 atom stereocenters. The predicted molar refractivity (Wildman–Crippen MR) is 81.9 cm³/mol. The van der Waals surface area contributed by atoms with Gasteiger partial charge in [-0.2, -0.15) is 18.2 Å². The van der Waals surface area contributed by atoms with Gasteiger partial charge in [-0.1, -0.05) is 25.5 Å². The van der Waals surface area contributed by atoms with Crippen molar-refractivity contribution in [2.45, 2.75) is 25.9 Å². The van der Waals surface area contributed by atoms with Crippen LogP contribution in [0, 0.1) is 5.82 Å². The lowest BCUT2D eigenvalue weighted by atomic mass is 10.2. The highest BCUT2D eigenvalue weighted by Gasteiger charge is 2.37. The van der Waals surface area contributed by atoms with Crippen LogP contribution >= 0.6 is 0 Å². The molecule has 0 spiro atoms. The van der Waals surface area contributed by atoms with Crippen LogP contribution in [0.1, 0.15) is 25.3 Å². The summed E-state index contributed by atoms with van der Waals surface area (Å²) in [4.78, 5) is 8.47. The van der Waals surface area contributed by atoms with Gasteiger partial charge in [0.25, 0.3) is 0 Å². The Morgan fingerprint density at radius 1 is 1.21 bits per heavy atom. The fourth-order valence-corrected chi connectivity index (χ4v) is 2.03. The van der Waals surface area contributed by atoms with Crippen molar-refractivity contribution in [2.75, 3.05) is 18.6 Å². The fraction of sp³-hybridized carbons (Fsp3) is 0.375. The monoisotopic (exact) mass is 343 g/mol. The van der Waals surface area contributed by atoms with Crippen LogP contribution in [0.25, 0.3) is 0 Å². The van der Waals surface area contributed by atoms with Crippen LogP contribution in [0.15, 0.2) is 30.5 Å². The molecule has 0 bridgehead atoms. The van der Waals surface area contributed by atoms with Gasteiger partial charge in [-0.05, 0) is 18.6 Å². The van der Waals surface area contributed by atoms with E-state index < -0.39 is 23.4 Å². The number of halogens is 4. The molecule has 0 aliphatic carbocycles. The summed E-state index contributed by atoms with van der Waals surface area (Å²) in [6, 6.07) is 5.35. The van der Waals surface area contributed by atoms with Crippen molar-refractivity contribution < 1.29 is 22.3 Å². The van der Waals surface area contributed by atoms with Crippen LogP contribution in [0.4, 0.5) is 29.1 Å². The third kappa shape index (κ3) is 4.12. The van der Waals surface area contributed by atoms with Crippen LogP contribution < -0.4 is 9.64 Å². The molecule has 0 radical (unpaired) electrons. The Balaban J connectivity index is 2.44. The average molecular weight is 343 g/mol. The second-order valence-corrected chi connectivity index (χ2v) is 5.10. The summed E-state index contributed by atoms with van der Waals surface area (Å²) in [5.74, 6) is -1.12. The molecule has 24 heavy (non-hydrogen) atoms. The topological polar surface area (TPSA) is 38.2 Å². The molecule has 2 aromatic rings. The van der Waals surface area contributed by atoms with Gasteiger partial charge in [-0.15, -0.1) is 0 Å². The largest absolute Gasteiger partial charge is 0.463 e. The van der Waals surface area contributed by atoms with Crippen LogP contribution in [-0.4, -0.2) is 23.6 Å². The third-order valence-corrected chi connectivity index (χ3v) is 3.31. The van der Waals surface area contributed by atoms with Gasteiger partial charge < -0.3 is 9.64 Å². The van der Waals surface area contributed by atoms with Gasteiger partial charge in [0.1, 0.15) is 11.4 Å². The summed E-state index contributed by atoms with van der Waals surface area (Å²) in [6.07, 6.45) is -2.43. The molecule has 2 rings (SSSR count). The smallest absolute Gasteiger partial charge is 0.421 e. The molecule has 4 nitrogen and oxygen atoms in total. The van der Waals surface area contributed by atoms with E-state index in [1.807, 2.05) is 6.92 Å². The molecule has 0 saturated heterocycles. The van der Waals surface area contributed by atoms with Crippen molar-refractivity contribution in [3.63, 3.8) is 0 Å². The Kier molecular flexibility index (Phi) is 5.58. The molecule has 0 unspecified atom stereocenters. The minimum atomic E-state index is -4.67. The molecule has 0 N–H and O–H groups in total. The molecule has 0 amide bonds. The van der Waals surface area contributed by atoms with E-state index in [1.54, 1.807) is 0 Å². The van der Waals surface area contributed by atoms with Gasteiger partial charge in [-0.3, -0.25) is 0 Å². The molecular formula is C16H17F4N3O. The average Bonchev–Trinajstić information content (AvgIpc) is 2.54. The van der Waals surface area contributed by atoms with E-state index in [4.69, 9.17) is 4.74 Å². The SMILES string of the molecule is CCCCOc1ncc(C(F)(F)F)c(N(C)c2ccccc2F)n1. The summed E-state index contributed by atoms with van der Waals surface area (Å²) in [7, 11) is 1.31. The van der Waals surface area contributed by atoms with E-state index in [0.717, 1.165) is 17.7 Å². The van der Waals surface area contributed by atoms with E-state index >= 15 is 0 Å². The summed E-state index contributed by atoms with van der Waals surface area (Å²) in [6.45, 7) is 2.25. The highest BCUT2D eigenvalue weighted by molar-refractivity contribution is 5.63. The number of hydrogen-bond acceptors (Lipinski definition) is 4. The lowest BCUT2D eigenvalue weighted by Crippen LogP contribution is -2.20. The maximum absolute atomic E-state index is 13.9. The van der Waals surface area contributed by atoms with Gasteiger partial charge in [0, 0.05) is 13.2 Å². The number of aromatic nitrogens is 2. The number of unbranched alkanes of at least 4 members (excludes halogenated alkanes) is 1. The van der Waals surface area contributed by atoms with Crippen molar-refractivity contribution in [1.82, 2.24) is 9.97 Å². The number of hydrogen-bond donors (Lipinski definition) is 0. The second-order valence-electron chi connectivity index (χ2n) is 5.10. The highest BCUT2D eigenvalue weighted by atomic mass is 19.4. The molecular weight excluding hydrogens is 326 g/mol. The van der Waals surface area contributed by atoms with Gasteiger partial charge in [0.05, 0.1) is 12.3 Å². The van der Waals surface area contributed by atoms with Gasteiger partial charge in [-0.25, -0.2) is 9.37 Å². The van der Waals surface area contributed by atoms with Gasteiger partial charge in [0.15, 0.2) is 5.82 Å². The van der Waals surface area contributed by atoms with E-state index in [2.05, 4.69) is 9.97 Å². The number of rotatable bonds is 6. The Morgan fingerprint density at radius 2 is 1.92 bits per heavy atom. The summed E-state index contributed by atoms with van der Waals surface area (Å²) in [5, 5.41) is 0. The minimum Gasteiger partial charge on any atom is -0.463 e. The fourth-order valence-electron chi connectivity index (χ4n) is 2.03. The lowest BCUT2D eigenvalue weighted by molar-refractivity contribution is -0.137. The number of alkyl halides is 3. The molecule has 8 heteroatoms. The van der Waals surface area contributed by atoms with E-state index in [-0.39, 0.29) is 11.7 Å². The number of anilines is 2. The quantitative estimate of drug-likeness (QED) is 0.568. The highest BCUT2D eigenvalue weighted by Crippen LogP contribution is 2.38. The first-order chi connectivity index (χ1) is 11.3. The van der Waals surface area contributed by atoms with E-state index in [9.17, 15) is 17.6 Å². The van der Waals surface area contributed by atoms with Crippen LogP contribution in [0.3, 0.4) is 0 Å². The van der Waals surface area contributed by atoms with Crippen molar-refractivity contribution in [2.24, 2.45) is 0 Å². The normalized spacial score (nSPS) is 11.4. The van der Waals surface area contributed by atoms with E-state index in [1.165, 1.54) is 31.3 Å². The number of ether oxygens (including phenoxy) is 1. The zero-order valence-electron chi connectivity index (χ0n) is 13.3. The number of benzene rings is 1. The molecule has 1 aromatic heterocycles. The molecule has 0 saturated carbocycles. The molecule has 0 fully saturated rings. The van der Waals surface area contributed by atoms with Crippen LogP contribution in [0.5, 0.6) is 6.01 Å². The first-order valence-corrected chi connectivity index (χ1v) is 7.40. The summed E-state index contributed by atoms with van der Waals surface area (Å²) >= 11 is 0. The van der Waals surface area contributed by atoms with Crippen molar-refractivity contribution in [3.05, 3.63) is 41.8 Å². The Bertz CT molecular complexity index is 691. The Hall–Kier alpha value is -2.38. The van der Waals surface area contributed by atoms with Gasteiger partial charge in [0.2, 0.25) is 0 Å². The lowest BCUT2D eigenvalue weighted by Gasteiger charge is -2.22. The Morgan fingerprint density at radius 3 is 2.54 bits per heavy atom. The van der Waals surface area contributed by atoms with Crippen molar-refractivity contribution in [3.8, 4) is 6.01 Å².